The highest BCUT2D eigenvalue weighted by Gasteiger charge is 2.27. The highest BCUT2D eigenvalue weighted by Crippen LogP contribution is 2.35. The van der Waals surface area contributed by atoms with Crippen molar-refractivity contribution in [1.29, 1.82) is 0 Å². The van der Waals surface area contributed by atoms with Crippen LogP contribution in [0, 0.1) is 5.92 Å². The second kappa shape index (κ2) is 3.93. The highest BCUT2D eigenvalue weighted by molar-refractivity contribution is 6.01. The van der Waals surface area contributed by atoms with Gasteiger partial charge in [0.15, 0.2) is 17.3 Å². The number of ether oxygens (including phenoxy) is 2. The Labute approximate surface area is 89.0 Å². The van der Waals surface area contributed by atoms with Crippen LogP contribution in [0.3, 0.4) is 0 Å². The van der Waals surface area contributed by atoms with Crippen LogP contribution in [0.4, 0.5) is 0 Å². The number of ketones is 1. The fourth-order valence-corrected chi connectivity index (χ4v) is 1.68. The summed E-state index contributed by atoms with van der Waals surface area (Å²) in [5.41, 5.74) is 0.639. The van der Waals surface area contributed by atoms with Gasteiger partial charge in [-0.25, -0.2) is 0 Å². The molecule has 0 N–H and O–H groups in total. The first-order valence-electron chi connectivity index (χ1n) is 5.17. The lowest BCUT2D eigenvalue weighted by Crippen LogP contribution is -2.25. The molecule has 1 heterocycles. The van der Waals surface area contributed by atoms with Gasteiger partial charge in [0.1, 0.15) is 0 Å². The Morgan fingerprint density at radius 3 is 3.07 bits per heavy atom. The molecule has 80 valence electrons. The van der Waals surface area contributed by atoms with Crippen molar-refractivity contribution in [3.05, 3.63) is 23.8 Å². The lowest BCUT2D eigenvalue weighted by Gasteiger charge is -2.23. The van der Waals surface area contributed by atoms with Gasteiger partial charge >= 0.3 is 0 Å². The highest BCUT2D eigenvalue weighted by atomic mass is 16.5. The number of hydrogen-bond donors (Lipinski definition) is 0. The van der Waals surface area contributed by atoms with E-state index < -0.39 is 0 Å². The van der Waals surface area contributed by atoms with E-state index in [1.54, 1.807) is 6.07 Å². The van der Waals surface area contributed by atoms with Gasteiger partial charge in [0.25, 0.3) is 0 Å². The van der Waals surface area contributed by atoms with Crippen LogP contribution in [-0.2, 0) is 0 Å². The summed E-state index contributed by atoms with van der Waals surface area (Å²) in [5, 5.41) is 0. The summed E-state index contributed by atoms with van der Waals surface area (Å²) in [7, 11) is 0. The van der Waals surface area contributed by atoms with Crippen LogP contribution >= 0.6 is 0 Å². The van der Waals surface area contributed by atoms with Crippen LogP contribution in [0.15, 0.2) is 18.2 Å². The van der Waals surface area contributed by atoms with Gasteiger partial charge in [0.05, 0.1) is 24.7 Å². The smallest absolute Gasteiger partial charge is 0.172 e. The van der Waals surface area contributed by atoms with Crippen LogP contribution in [0.25, 0.3) is 0 Å². The number of carbonyl (C=O) groups is 1. The molecule has 3 heteroatoms. The molecule has 1 aliphatic rings. The number of carbonyl (C=O) groups excluding carboxylic acids is 1. The molecule has 0 saturated carbocycles. The van der Waals surface area contributed by atoms with Crippen LogP contribution in [0.1, 0.15) is 24.2 Å². The third kappa shape index (κ3) is 1.69. The monoisotopic (exact) mass is 206 g/mol. The van der Waals surface area contributed by atoms with E-state index in [4.69, 9.17) is 9.47 Å². The number of Topliss-reactive ketones (excluding diaryl/α,β-unsaturated/α-hetero) is 1. The fraction of sp³-hybridized carbons (Fsp3) is 0.417. The van der Waals surface area contributed by atoms with Crippen molar-refractivity contribution in [3.8, 4) is 11.5 Å². The van der Waals surface area contributed by atoms with E-state index >= 15 is 0 Å². The third-order valence-corrected chi connectivity index (χ3v) is 2.47. The Kier molecular flexibility index (Phi) is 2.62. The van der Waals surface area contributed by atoms with Crippen molar-refractivity contribution in [2.45, 2.75) is 13.8 Å². The minimum Gasteiger partial charge on any atom is -0.490 e. The topological polar surface area (TPSA) is 35.5 Å². The van der Waals surface area contributed by atoms with Crippen LogP contribution in [-0.4, -0.2) is 19.0 Å². The zero-order valence-electron chi connectivity index (χ0n) is 8.95. The molecule has 0 bridgehead atoms. The molecule has 0 saturated heterocycles. The number of benzene rings is 1. The van der Waals surface area contributed by atoms with E-state index in [9.17, 15) is 4.79 Å². The molecule has 0 amide bonds. The van der Waals surface area contributed by atoms with Gasteiger partial charge in [-0.1, -0.05) is 13.0 Å². The average molecular weight is 206 g/mol. The standard InChI is InChI=1S/C12H14O3/c1-3-14-10-6-4-5-9-11(13)8(2)7-15-12(9)10/h4-6,8H,3,7H2,1-2H3. The Morgan fingerprint density at radius 1 is 1.53 bits per heavy atom. The lowest BCUT2D eigenvalue weighted by molar-refractivity contribution is 0.0843. The predicted molar refractivity (Wildman–Crippen MR) is 56.6 cm³/mol. The second-order valence-electron chi connectivity index (χ2n) is 3.64. The number of fused-ring (bicyclic) bond motifs is 1. The van der Waals surface area contributed by atoms with Crippen molar-refractivity contribution in [2.75, 3.05) is 13.2 Å². The van der Waals surface area contributed by atoms with E-state index in [0.717, 1.165) is 0 Å². The molecule has 2 rings (SSSR count). The number of hydrogen-bond acceptors (Lipinski definition) is 3. The number of rotatable bonds is 2. The molecular formula is C12H14O3. The van der Waals surface area contributed by atoms with E-state index in [1.165, 1.54) is 0 Å². The minimum absolute atomic E-state index is 0.0608. The van der Waals surface area contributed by atoms with Gasteiger partial charge in [0.2, 0.25) is 0 Å². The maximum atomic E-state index is 11.8. The molecule has 15 heavy (non-hydrogen) atoms. The van der Waals surface area contributed by atoms with Gasteiger partial charge in [0, 0.05) is 0 Å². The van der Waals surface area contributed by atoms with Crippen molar-refractivity contribution < 1.29 is 14.3 Å². The molecule has 1 aromatic carbocycles. The average Bonchev–Trinajstić information content (AvgIpc) is 2.25. The predicted octanol–water partition coefficient (Wildman–Crippen LogP) is 2.30. The first kappa shape index (κ1) is 10.0. The third-order valence-electron chi connectivity index (χ3n) is 2.47. The Hall–Kier alpha value is -1.51. The fourth-order valence-electron chi connectivity index (χ4n) is 1.68. The summed E-state index contributed by atoms with van der Waals surface area (Å²) in [6.45, 7) is 4.80. The van der Waals surface area contributed by atoms with Gasteiger partial charge in [-0.3, -0.25) is 4.79 Å². The minimum atomic E-state index is -0.0608. The second-order valence-corrected chi connectivity index (χ2v) is 3.64. The van der Waals surface area contributed by atoms with Crippen LogP contribution in [0.5, 0.6) is 11.5 Å². The van der Waals surface area contributed by atoms with Crippen molar-refractivity contribution in [2.24, 2.45) is 5.92 Å². The first-order chi connectivity index (χ1) is 7.24. The van der Waals surface area contributed by atoms with Crippen LogP contribution < -0.4 is 9.47 Å². The Morgan fingerprint density at radius 2 is 2.33 bits per heavy atom. The number of para-hydroxylation sites is 1. The Bertz CT molecular complexity index is 384. The van der Waals surface area contributed by atoms with E-state index in [1.807, 2.05) is 26.0 Å². The molecule has 1 atom stereocenters. The molecule has 3 nitrogen and oxygen atoms in total. The van der Waals surface area contributed by atoms with E-state index in [2.05, 4.69) is 0 Å². The molecule has 0 spiro atoms. The van der Waals surface area contributed by atoms with Crippen molar-refractivity contribution >= 4 is 5.78 Å². The van der Waals surface area contributed by atoms with Gasteiger partial charge in [-0.15, -0.1) is 0 Å². The molecule has 1 aliphatic heterocycles. The van der Waals surface area contributed by atoms with Crippen LogP contribution in [0.2, 0.25) is 0 Å². The summed E-state index contributed by atoms with van der Waals surface area (Å²) >= 11 is 0. The summed E-state index contributed by atoms with van der Waals surface area (Å²) < 4.78 is 11.0. The molecule has 1 unspecified atom stereocenters. The van der Waals surface area contributed by atoms with Gasteiger partial charge < -0.3 is 9.47 Å². The van der Waals surface area contributed by atoms with Crippen molar-refractivity contribution in [3.63, 3.8) is 0 Å². The van der Waals surface area contributed by atoms with E-state index in [-0.39, 0.29) is 11.7 Å². The molecule has 0 fully saturated rings. The normalized spacial score (nSPS) is 19.3. The SMILES string of the molecule is CCOc1cccc2c1OCC(C)C2=O. The maximum Gasteiger partial charge on any atom is 0.172 e. The summed E-state index contributed by atoms with van der Waals surface area (Å²) in [6, 6.07) is 5.44. The van der Waals surface area contributed by atoms with E-state index in [0.29, 0.717) is 30.3 Å². The zero-order valence-corrected chi connectivity index (χ0v) is 8.95. The molecule has 0 aromatic heterocycles. The van der Waals surface area contributed by atoms with Crippen molar-refractivity contribution in [1.82, 2.24) is 0 Å². The van der Waals surface area contributed by atoms with Gasteiger partial charge in [-0.2, -0.15) is 0 Å². The van der Waals surface area contributed by atoms with Gasteiger partial charge in [-0.05, 0) is 19.1 Å². The summed E-state index contributed by atoms with van der Waals surface area (Å²) in [6.07, 6.45) is 0. The molecule has 1 aromatic rings. The largest absolute Gasteiger partial charge is 0.490 e. The summed E-state index contributed by atoms with van der Waals surface area (Å²) in [4.78, 5) is 11.8. The first-order valence-corrected chi connectivity index (χ1v) is 5.17. The molecular weight excluding hydrogens is 192 g/mol. The quantitative estimate of drug-likeness (QED) is 0.744. The maximum absolute atomic E-state index is 11.8. The zero-order chi connectivity index (χ0) is 10.8. The molecule has 0 aliphatic carbocycles. The lowest BCUT2D eigenvalue weighted by atomic mass is 9.96. The molecule has 0 radical (unpaired) electrons. The summed E-state index contributed by atoms with van der Waals surface area (Å²) in [5.74, 6) is 1.34. The Balaban J connectivity index is 2.44.